The third kappa shape index (κ3) is 3.01. The van der Waals surface area contributed by atoms with Crippen LogP contribution in [0.4, 0.5) is 5.95 Å². The number of aryl methyl sites for hydroxylation is 1. The Labute approximate surface area is 169 Å². The maximum absolute atomic E-state index is 5.00. The van der Waals surface area contributed by atoms with Crippen LogP contribution in [-0.4, -0.2) is 26.6 Å². The van der Waals surface area contributed by atoms with Gasteiger partial charge in [0.05, 0.1) is 5.52 Å². The predicted octanol–water partition coefficient (Wildman–Crippen LogP) is 4.89. The molecule has 0 radical (unpaired) electrons. The molecule has 0 unspecified atom stereocenters. The molecule has 0 aliphatic heterocycles. The Hall–Kier alpha value is -3.73. The van der Waals surface area contributed by atoms with Crippen molar-refractivity contribution in [3.05, 3.63) is 90.0 Å². The van der Waals surface area contributed by atoms with Gasteiger partial charge in [-0.15, -0.1) is 10.2 Å². The second-order valence-electron chi connectivity index (χ2n) is 7.27. The van der Waals surface area contributed by atoms with Gasteiger partial charge in [-0.1, -0.05) is 66.7 Å². The van der Waals surface area contributed by atoms with Crippen LogP contribution in [-0.2, 0) is 6.54 Å². The van der Waals surface area contributed by atoms with Gasteiger partial charge in [0, 0.05) is 24.5 Å². The van der Waals surface area contributed by atoms with Crippen LogP contribution in [0, 0.1) is 6.92 Å². The zero-order valence-electron chi connectivity index (χ0n) is 16.4. The van der Waals surface area contributed by atoms with Crippen molar-refractivity contribution in [2.24, 2.45) is 0 Å². The lowest BCUT2D eigenvalue weighted by Crippen LogP contribution is -2.21. The van der Waals surface area contributed by atoms with Crippen LogP contribution >= 0.6 is 0 Å². The van der Waals surface area contributed by atoms with Crippen molar-refractivity contribution < 1.29 is 0 Å². The second kappa shape index (κ2) is 7.02. The molecular weight excluding hydrogens is 358 g/mol. The van der Waals surface area contributed by atoms with Crippen LogP contribution in [0.25, 0.3) is 27.9 Å². The zero-order chi connectivity index (χ0) is 19.8. The van der Waals surface area contributed by atoms with E-state index in [4.69, 9.17) is 4.98 Å². The molecule has 0 spiro atoms. The summed E-state index contributed by atoms with van der Waals surface area (Å²) in [5.74, 6) is 1.64. The summed E-state index contributed by atoms with van der Waals surface area (Å²) in [6.45, 7) is 2.84. The first-order valence-corrected chi connectivity index (χ1v) is 9.67. The van der Waals surface area contributed by atoms with Gasteiger partial charge in [-0.05, 0) is 30.2 Å². The minimum absolute atomic E-state index is 0.743. The molecule has 5 rings (SSSR count). The van der Waals surface area contributed by atoms with E-state index in [9.17, 15) is 0 Å². The Bertz CT molecular complexity index is 1310. The normalized spacial score (nSPS) is 11.2. The third-order valence-corrected chi connectivity index (χ3v) is 5.22. The van der Waals surface area contributed by atoms with E-state index in [1.54, 1.807) is 0 Å². The van der Waals surface area contributed by atoms with Gasteiger partial charge in [0.15, 0.2) is 11.5 Å². The van der Waals surface area contributed by atoms with E-state index in [0.29, 0.717) is 0 Å². The maximum Gasteiger partial charge on any atom is 0.213 e. The van der Waals surface area contributed by atoms with E-state index >= 15 is 0 Å². The summed E-state index contributed by atoms with van der Waals surface area (Å²) in [4.78, 5) is 7.15. The number of benzene rings is 3. The van der Waals surface area contributed by atoms with Crippen LogP contribution < -0.4 is 4.90 Å². The lowest BCUT2D eigenvalue weighted by molar-refractivity contribution is 0.857. The molecule has 0 fully saturated rings. The number of para-hydroxylation sites is 1. The Morgan fingerprint density at radius 2 is 1.55 bits per heavy atom. The van der Waals surface area contributed by atoms with Crippen LogP contribution in [0.2, 0.25) is 0 Å². The van der Waals surface area contributed by atoms with Crippen molar-refractivity contribution in [1.82, 2.24) is 19.6 Å². The van der Waals surface area contributed by atoms with E-state index in [1.807, 2.05) is 36.4 Å². The van der Waals surface area contributed by atoms with Crippen LogP contribution in [0.15, 0.2) is 78.9 Å². The molecule has 0 aliphatic rings. The van der Waals surface area contributed by atoms with E-state index in [2.05, 4.69) is 75.9 Å². The predicted molar refractivity (Wildman–Crippen MR) is 117 cm³/mol. The van der Waals surface area contributed by atoms with E-state index < -0.39 is 0 Å². The summed E-state index contributed by atoms with van der Waals surface area (Å²) in [5.41, 5.74) is 5.18. The Balaban J connectivity index is 1.76. The van der Waals surface area contributed by atoms with Crippen molar-refractivity contribution in [3.8, 4) is 11.4 Å². The summed E-state index contributed by atoms with van der Waals surface area (Å²) in [7, 11) is 2.06. The summed E-state index contributed by atoms with van der Waals surface area (Å²) >= 11 is 0. The molecule has 5 heteroatoms. The molecule has 0 atom stereocenters. The minimum Gasteiger partial charge on any atom is -0.341 e. The molecule has 0 saturated heterocycles. The first-order valence-electron chi connectivity index (χ1n) is 9.67. The average molecular weight is 379 g/mol. The fourth-order valence-corrected chi connectivity index (χ4v) is 3.75. The number of aromatic nitrogens is 4. The third-order valence-electron chi connectivity index (χ3n) is 5.22. The zero-order valence-corrected chi connectivity index (χ0v) is 16.4. The number of nitrogens with zero attached hydrogens (tertiary/aromatic N) is 5. The molecule has 0 aliphatic carbocycles. The highest BCUT2D eigenvalue weighted by atomic mass is 15.3. The molecule has 0 amide bonds. The van der Waals surface area contributed by atoms with Crippen molar-refractivity contribution in [2.75, 3.05) is 11.9 Å². The standard InChI is InChI=1S/C24H21N5/c1-17-10-6-7-13-19(17)22-26-27-23-20-14-8-9-15-21(20)25-24(29(22)23)28(2)16-18-11-4-3-5-12-18/h3-15H,16H2,1-2H3. The van der Waals surface area contributed by atoms with Crippen LogP contribution in [0.5, 0.6) is 0 Å². The number of hydrogen-bond acceptors (Lipinski definition) is 4. The fourth-order valence-electron chi connectivity index (χ4n) is 3.75. The highest BCUT2D eigenvalue weighted by Crippen LogP contribution is 2.29. The molecule has 142 valence electrons. The first-order chi connectivity index (χ1) is 14.2. The summed E-state index contributed by atoms with van der Waals surface area (Å²) in [6, 6.07) is 26.8. The number of fused-ring (bicyclic) bond motifs is 3. The van der Waals surface area contributed by atoms with Crippen LogP contribution in [0.1, 0.15) is 11.1 Å². The summed E-state index contributed by atoms with van der Waals surface area (Å²) in [5, 5.41) is 10.1. The molecule has 0 bridgehead atoms. The average Bonchev–Trinajstić information content (AvgIpc) is 3.19. The molecule has 5 aromatic rings. The fraction of sp³-hybridized carbons (Fsp3) is 0.125. The SMILES string of the molecule is Cc1ccccc1-c1nnc2c3ccccc3nc(N(C)Cc3ccccc3)n12. The molecule has 29 heavy (non-hydrogen) atoms. The molecule has 3 aromatic carbocycles. The topological polar surface area (TPSA) is 46.3 Å². The molecular formula is C24H21N5. The van der Waals surface area contributed by atoms with Gasteiger partial charge in [-0.25, -0.2) is 9.38 Å². The first kappa shape index (κ1) is 17.4. The lowest BCUT2D eigenvalue weighted by Gasteiger charge is -2.21. The lowest BCUT2D eigenvalue weighted by atomic mass is 10.1. The van der Waals surface area contributed by atoms with Gasteiger partial charge in [-0.3, -0.25) is 0 Å². The molecule has 0 N–H and O–H groups in total. The Kier molecular flexibility index (Phi) is 4.21. The van der Waals surface area contributed by atoms with Gasteiger partial charge in [0.2, 0.25) is 5.95 Å². The number of hydrogen-bond donors (Lipinski definition) is 0. The highest BCUT2D eigenvalue weighted by molar-refractivity contribution is 5.93. The van der Waals surface area contributed by atoms with Gasteiger partial charge in [0.1, 0.15) is 0 Å². The smallest absolute Gasteiger partial charge is 0.213 e. The molecule has 2 aromatic heterocycles. The van der Waals surface area contributed by atoms with Gasteiger partial charge in [0.25, 0.3) is 0 Å². The van der Waals surface area contributed by atoms with Crippen molar-refractivity contribution in [3.63, 3.8) is 0 Å². The van der Waals surface area contributed by atoms with E-state index in [0.717, 1.165) is 46.0 Å². The highest BCUT2D eigenvalue weighted by Gasteiger charge is 2.19. The number of rotatable bonds is 4. The second-order valence-corrected chi connectivity index (χ2v) is 7.27. The molecule has 2 heterocycles. The summed E-state index contributed by atoms with van der Waals surface area (Å²) in [6.07, 6.45) is 0. The van der Waals surface area contributed by atoms with Gasteiger partial charge >= 0.3 is 0 Å². The van der Waals surface area contributed by atoms with Gasteiger partial charge in [-0.2, -0.15) is 0 Å². The molecule has 5 nitrogen and oxygen atoms in total. The van der Waals surface area contributed by atoms with Crippen molar-refractivity contribution in [2.45, 2.75) is 13.5 Å². The molecule has 0 saturated carbocycles. The van der Waals surface area contributed by atoms with E-state index in [-0.39, 0.29) is 0 Å². The number of anilines is 1. The minimum atomic E-state index is 0.743. The van der Waals surface area contributed by atoms with Gasteiger partial charge < -0.3 is 4.90 Å². The van der Waals surface area contributed by atoms with E-state index in [1.165, 1.54) is 5.56 Å². The largest absolute Gasteiger partial charge is 0.341 e. The Morgan fingerprint density at radius 1 is 0.828 bits per heavy atom. The monoisotopic (exact) mass is 379 g/mol. The van der Waals surface area contributed by atoms with Crippen LogP contribution in [0.3, 0.4) is 0 Å². The Morgan fingerprint density at radius 3 is 2.38 bits per heavy atom. The summed E-state index contributed by atoms with van der Waals surface area (Å²) < 4.78 is 2.08. The van der Waals surface area contributed by atoms with Crippen molar-refractivity contribution in [1.29, 1.82) is 0 Å². The van der Waals surface area contributed by atoms with Crippen molar-refractivity contribution >= 4 is 22.5 Å². The maximum atomic E-state index is 5.00. The quantitative estimate of drug-likeness (QED) is 0.446.